The zero-order valence-corrected chi connectivity index (χ0v) is 7.97. The van der Waals surface area contributed by atoms with Gasteiger partial charge in [0, 0.05) is 10.9 Å². The number of aliphatic hydroxyl groups excluding tert-OH is 1. The quantitative estimate of drug-likeness (QED) is 0.761. The van der Waals surface area contributed by atoms with Gasteiger partial charge in [0.25, 0.3) is 0 Å². The molecule has 74 valence electrons. The van der Waals surface area contributed by atoms with E-state index in [1.54, 1.807) is 13.2 Å². The van der Waals surface area contributed by atoms with E-state index in [1.165, 1.54) is 0 Å². The van der Waals surface area contributed by atoms with Crippen molar-refractivity contribution in [1.29, 1.82) is 0 Å². The fourth-order valence-corrected chi connectivity index (χ4v) is 1.52. The number of aliphatic hydroxyl groups is 1. The molecule has 0 saturated heterocycles. The Bertz CT molecular complexity index is 434. The summed E-state index contributed by atoms with van der Waals surface area (Å²) >= 11 is 0. The Morgan fingerprint density at radius 1 is 1.36 bits per heavy atom. The monoisotopic (exact) mass is 191 g/mol. The molecule has 0 saturated carbocycles. The van der Waals surface area contributed by atoms with Crippen molar-refractivity contribution in [2.75, 3.05) is 0 Å². The summed E-state index contributed by atoms with van der Waals surface area (Å²) in [7, 11) is 0. The molecule has 0 fully saturated rings. The summed E-state index contributed by atoms with van der Waals surface area (Å²) in [5.41, 5.74) is 7.50. The van der Waals surface area contributed by atoms with Crippen LogP contribution in [0.2, 0.25) is 0 Å². The molecular weight excluding hydrogens is 178 g/mol. The van der Waals surface area contributed by atoms with Gasteiger partial charge in [0.2, 0.25) is 0 Å². The number of hydrogen-bond acceptors (Lipinski definition) is 3. The highest BCUT2D eigenvalue weighted by Gasteiger charge is 2.16. The van der Waals surface area contributed by atoms with Crippen molar-refractivity contribution in [1.82, 2.24) is 0 Å². The molecule has 2 atom stereocenters. The Hall–Kier alpha value is -1.32. The lowest BCUT2D eigenvalue weighted by Gasteiger charge is -2.12. The van der Waals surface area contributed by atoms with Crippen molar-refractivity contribution in [3.05, 3.63) is 36.1 Å². The lowest BCUT2D eigenvalue weighted by molar-refractivity contribution is 0.164. The highest BCUT2D eigenvalue weighted by molar-refractivity contribution is 5.81. The molecule has 0 bridgehead atoms. The van der Waals surface area contributed by atoms with E-state index in [2.05, 4.69) is 0 Å². The van der Waals surface area contributed by atoms with Crippen LogP contribution >= 0.6 is 0 Å². The van der Waals surface area contributed by atoms with E-state index in [0.717, 1.165) is 16.5 Å². The Morgan fingerprint density at radius 2 is 2.07 bits per heavy atom. The highest BCUT2D eigenvalue weighted by Crippen LogP contribution is 2.26. The number of nitrogens with two attached hydrogens (primary N) is 1. The molecule has 2 aromatic rings. The highest BCUT2D eigenvalue weighted by atomic mass is 16.3. The maximum atomic E-state index is 9.39. The largest absolute Gasteiger partial charge is 0.464 e. The van der Waals surface area contributed by atoms with Crippen LogP contribution in [0.3, 0.4) is 0 Å². The van der Waals surface area contributed by atoms with Gasteiger partial charge in [0.15, 0.2) is 0 Å². The third kappa shape index (κ3) is 1.41. The minimum atomic E-state index is -0.573. The number of hydrogen-bond donors (Lipinski definition) is 2. The fourth-order valence-electron chi connectivity index (χ4n) is 1.52. The summed E-state index contributed by atoms with van der Waals surface area (Å²) in [6.45, 7) is 1.67. The van der Waals surface area contributed by atoms with Crippen LogP contribution in [0.25, 0.3) is 11.0 Å². The first-order chi connectivity index (χ1) is 6.70. The molecule has 0 aliphatic heterocycles. The standard InChI is InChI=1S/C11H13NO2/c1-7(13)11(12)9-6-14-10-5-3-2-4-8(9)10/h2-7,11,13H,12H2,1H3/t7-,11+/m1/s1. The van der Waals surface area contributed by atoms with Gasteiger partial charge in [-0.15, -0.1) is 0 Å². The van der Waals surface area contributed by atoms with E-state index in [9.17, 15) is 5.11 Å². The van der Waals surface area contributed by atoms with Gasteiger partial charge in [-0.2, -0.15) is 0 Å². The molecule has 0 aliphatic carbocycles. The topological polar surface area (TPSA) is 59.4 Å². The molecule has 1 heterocycles. The SMILES string of the molecule is C[C@@H](O)[C@H](N)c1coc2ccccc12. The molecule has 0 spiro atoms. The van der Waals surface area contributed by atoms with Gasteiger partial charge in [-0.05, 0) is 13.0 Å². The minimum Gasteiger partial charge on any atom is -0.464 e. The molecule has 3 N–H and O–H groups in total. The molecule has 0 radical (unpaired) electrons. The van der Waals surface area contributed by atoms with E-state index in [-0.39, 0.29) is 0 Å². The molecule has 3 nitrogen and oxygen atoms in total. The minimum absolute atomic E-state index is 0.390. The summed E-state index contributed by atoms with van der Waals surface area (Å²) in [5, 5.41) is 10.4. The summed E-state index contributed by atoms with van der Waals surface area (Å²) in [5.74, 6) is 0. The van der Waals surface area contributed by atoms with Crippen LogP contribution in [0.4, 0.5) is 0 Å². The van der Waals surface area contributed by atoms with Crippen LogP contribution in [-0.2, 0) is 0 Å². The maximum absolute atomic E-state index is 9.39. The second kappa shape index (κ2) is 3.44. The van der Waals surface area contributed by atoms with Crippen molar-refractivity contribution in [3.8, 4) is 0 Å². The van der Waals surface area contributed by atoms with Crippen LogP contribution in [0.15, 0.2) is 34.9 Å². The zero-order chi connectivity index (χ0) is 10.1. The Morgan fingerprint density at radius 3 is 2.79 bits per heavy atom. The van der Waals surface area contributed by atoms with Crippen molar-refractivity contribution < 1.29 is 9.52 Å². The van der Waals surface area contributed by atoms with Crippen LogP contribution in [0, 0.1) is 0 Å². The number of fused-ring (bicyclic) bond motifs is 1. The summed E-state index contributed by atoms with van der Waals surface area (Å²) in [4.78, 5) is 0. The zero-order valence-electron chi connectivity index (χ0n) is 7.97. The lowest BCUT2D eigenvalue weighted by atomic mass is 10.0. The number of rotatable bonds is 2. The van der Waals surface area contributed by atoms with Gasteiger partial charge in [0.05, 0.1) is 18.4 Å². The summed E-state index contributed by atoms with van der Waals surface area (Å²) in [6, 6.07) is 7.27. The molecule has 1 aromatic carbocycles. The first-order valence-electron chi connectivity index (χ1n) is 4.60. The summed E-state index contributed by atoms with van der Waals surface area (Å²) in [6.07, 6.45) is 1.04. The second-order valence-corrected chi connectivity index (χ2v) is 3.45. The van der Waals surface area contributed by atoms with E-state index in [0.29, 0.717) is 0 Å². The molecule has 0 aliphatic rings. The Balaban J connectivity index is 2.53. The van der Waals surface area contributed by atoms with Gasteiger partial charge in [-0.3, -0.25) is 0 Å². The van der Waals surface area contributed by atoms with Gasteiger partial charge >= 0.3 is 0 Å². The molecular formula is C11H13NO2. The number of para-hydroxylation sites is 1. The van der Waals surface area contributed by atoms with E-state index < -0.39 is 12.1 Å². The normalized spacial score (nSPS) is 15.6. The van der Waals surface area contributed by atoms with E-state index in [4.69, 9.17) is 10.2 Å². The average Bonchev–Trinajstić information content (AvgIpc) is 2.60. The first-order valence-corrected chi connectivity index (χ1v) is 4.60. The van der Waals surface area contributed by atoms with Gasteiger partial charge in [0.1, 0.15) is 5.58 Å². The number of furan rings is 1. The van der Waals surface area contributed by atoms with Gasteiger partial charge in [-0.25, -0.2) is 0 Å². The third-order valence-electron chi connectivity index (χ3n) is 2.39. The van der Waals surface area contributed by atoms with Crippen LogP contribution in [0.5, 0.6) is 0 Å². The van der Waals surface area contributed by atoms with Crippen molar-refractivity contribution in [2.45, 2.75) is 19.1 Å². The predicted octanol–water partition coefficient (Wildman–Crippen LogP) is 1.81. The van der Waals surface area contributed by atoms with Crippen molar-refractivity contribution in [2.24, 2.45) is 5.73 Å². The Labute approximate surface area is 82.1 Å². The van der Waals surface area contributed by atoms with Crippen LogP contribution < -0.4 is 5.73 Å². The lowest BCUT2D eigenvalue weighted by Crippen LogP contribution is -2.22. The third-order valence-corrected chi connectivity index (χ3v) is 2.39. The van der Waals surface area contributed by atoms with Crippen molar-refractivity contribution in [3.63, 3.8) is 0 Å². The molecule has 14 heavy (non-hydrogen) atoms. The molecule has 2 rings (SSSR count). The average molecular weight is 191 g/mol. The second-order valence-electron chi connectivity index (χ2n) is 3.45. The van der Waals surface area contributed by atoms with Gasteiger partial charge < -0.3 is 15.3 Å². The molecule has 0 amide bonds. The summed E-state index contributed by atoms with van der Waals surface area (Å²) < 4.78 is 5.33. The molecule has 0 unspecified atom stereocenters. The fraction of sp³-hybridized carbons (Fsp3) is 0.273. The first kappa shape index (κ1) is 9.24. The Kier molecular flexibility index (Phi) is 2.27. The van der Waals surface area contributed by atoms with Crippen molar-refractivity contribution >= 4 is 11.0 Å². The smallest absolute Gasteiger partial charge is 0.134 e. The van der Waals surface area contributed by atoms with Gasteiger partial charge in [-0.1, -0.05) is 18.2 Å². The van der Waals surface area contributed by atoms with E-state index >= 15 is 0 Å². The van der Waals surface area contributed by atoms with E-state index in [1.807, 2.05) is 24.3 Å². The van der Waals surface area contributed by atoms with Crippen LogP contribution in [-0.4, -0.2) is 11.2 Å². The maximum Gasteiger partial charge on any atom is 0.134 e. The van der Waals surface area contributed by atoms with Crippen LogP contribution in [0.1, 0.15) is 18.5 Å². The number of benzene rings is 1. The predicted molar refractivity (Wildman–Crippen MR) is 54.8 cm³/mol. The molecule has 1 aromatic heterocycles. The molecule has 3 heteroatoms.